The fourth-order valence-corrected chi connectivity index (χ4v) is 2.29. The summed E-state index contributed by atoms with van der Waals surface area (Å²) in [6.07, 6.45) is 4.58. The Labute approximate surface area is 91.9 Å². The molecular formula is C12H21N3. The highest BCUT2D eigenvalue weighted by Crippen LogP contribution is 2.21. The van der Waals surface area contributed by atoms with Crippen molar-refractivity contribution in [3.05, 3.63) is 17.5 Å². The van der Waals surface area contributed by atoms with Gasteiger partial charge in [-0.25, -0.2) is 0 Å². The summed E-state index contributed by atoms with van der Waals surface area (Å²) >= 11 is 0. The van der Waals surface area contributed by atoms with E-state index in [2.05, 4.69) is 29.9 Å². The smallest absolute Gasteiger partial charge is 0.0624 e. The van der Waals surface area contributed by atoms with Crippen molar-refractivity contribution in [1.29, 1.82) is 0 Å². The van der Waals surface area contributed by atoms with Crippen LogP contribution in [-0.2, 0) is 12.8 Å². The Morgan fingerprint density at radius 1 is 1.33 bits per heavy atom. The van der Waals surface area contributed by atoms with Crippen LogP contribution in [0.2, 0.25) is 0 Å². The molecule has 1 N–H and O–H groups in total. The second-order valence-electron chi connectivity index (χ2n) is 4.26. The predicted octanol–water partition coefficient (Wildman–Crippen LogP) is 1.93. The van der Waals surface area contributed by atoms with Crippen molar-refractivity contribution < 1.29 is 0 Å². The van der Waals surface area contributed by atoms with Gasteiger partial charge < -0.3 is 5.32 Å². The Balaban J connectivity index is 2.20. The number of hydrogen-bond donors (Lipinski definition) is 1. The van der Waals surface area contributed by atoms with Crippen LogP contribution in [-0.4, -0.2) is 22.9 Å². The topological polar surface area (TPSA) is 29.9 Å². The monoisotopic (exact) mass is 207 g/mol. The number of aromatic nitrogens is 2. The second kappa shape index (κ2) is 4.79. The zero-order valence-corrected chi connectivity index (χ0v) is 9.79. The van der Waals surface area contributed by atoms with Crippen LogP contribution in [0.4, 0.5) is 0 Å². The van der Waals surface area contributed by atoms with E-state index >= 15 is 0 Å². The first-order valence-electron chi connectivity index (χ1n) is 6.13. The van der Waals surface area contributed by atoms with Crippen molar-refractivity contribution >= 4 is 0 Å². The lowest BCUT2D eigenvalue weighted by atomic mass is 10.1. The lowest BCUT2D eigenvalue weighted by molar-refractivity contribution is 0.334. The first-order valence-corrected chi connectivity index (χ1v) is 6.13. The predicted molar refractivity (Wildman–Crippen MR) is 62.1 cm³/mol. The molecule has 1 aromatic rings. The van der Waals surface area contributed by atoms with Crippen LogP contribution in [0.25, 0.3) is 0 Å². The number of nitrogens with zero attached hydrogens (tertiary/aromatic N) is 2. The molecule has 0 unspecified atom stereocenters. The number of aryl methyl sites for hydroxylation is 2. The molecule has 84 valence electrons. The van der Waals surface area contributed by atoms with E-state index in [0.29, 0.717) is 6.04 Å². The molecule has 3 nitrogen and oxygen atoms in total. The third-order valence-electron chi connectivity index (χ3n) is 3.24. The number of nitrogens with one attached hydrogen (secondary N) is 1. The second-order valence-corrected chi connectivity index (χ2v) is 4.26. The minimum atomic E-state index is 0.626. The van der Waals surface area contributed by atoms with Gasteiger partial charge in [0.05, 0.1) is 11.7 Å². The van der Waals surface area contributed by atoms with Crippen molar-refractivity contribution in [1.82, 2.24) is 15.1 Å². The van der Waals surface area contributed by atoms with Gasteiger partial charge in [0.25, 0.3) is 0 Å². The van der Waals surface area contributed by atoms with Crippen LogP contribution in [0, 0.1) is 0 Å². The van der Waals surface area contributed by atoms with Gasteiger partial charge in [-0.15, -0.1) is 0 Å². The number of hydrogen-bond acceptors (Lipinski definition) is 2. The van der Waals surface area contributed by atoms with Gasteiger partial charge in [0, 0.05) is 5.69 Å². The van der Waals surface area contributed by atoms with Crippen LogP contribution in [0.3, 0.4) is 0 Å². The molecule has 2 rings (SSSR count). The third-order valence-corrected chi connectivity index (χ3v) is 3.24. The van der Waals surface area contributed by atoms with Crippen molar-refractivity contribution in [2.75, 3.05) is 13.1 Å². The summed E-state index contributed by atoms with van der Waals surface area (Å²) in [5, 5.41) is 8.11. The van der Waals surface area contributed by atoms with Crippen molar-refractivity contribution in [2.24, 2.45) is 0 Å². The van der Waals surface area contributed by atoms with Crippen LogP contribution in [0.15, 0.2) is 6.07 Å². The maximum Gasteiger partial charge on any atom is 0.0624 e. The van der Waals surface area contributed by atoms with Gasteiger partial charge in [-0.3, -0.25) is 4.68 Å². The molecule has 0 bridgehead atoms. The Kier molecular flexibility index (Phi) is 3.41. The molecule has 0 atom stereocenters. The Bertz CT molecular complexity index is 311. The highest BCUT2D eigenvalue weighted by atomic mass is 15.3. The molecular weight excluding hydrogens is 186 g/mol. The van der Waals surface area contributed by atoms with Crippen molar-refractivity contribution in [2.45, 2.75) is 45.6 Å². The average molecular weight is 207 g/mol. The number of rotatable bonds is 3. The molecule has 1 saturated heterocycles. The quantitative estimate of drug-likeness (QED) is 0.821. The van der Waals surface area contributed by atoms with Gasteiger partial charge in [-0.2, -0.15) is 5.10 Å². The lowest BCUT2D eigenvalue weighted by Gasteiger charge is -2.24. The Hall–Kier alpha value is -0.830. The average Bonchev–Trinajstić information content (AvgIpc) is 2.73. The van der Waals surface area contributed by atoms with Crippen molar-refractivity contribution in [3.63, 3.8) is 0 Å². The summed E-state index contributed by atoms with van der Waals surface area (Å²) in [6.45, 7) is 6.66. The zero-order valence-electron chi connectivity index (χ0n) is 9.79. The number of piperidine rings is 1. The minimum absolute atomic E-state index is 0.626. The normalized spacial score (nSPS) is 18.3. The molecule has 0 saturated carbocycles. The van der Waals surface area contributed by atoms with E-state index in [1.54, 1.807) is 0 Å². The molecule has 1 aliphatic heterocycles. The van der Waals surface area contributed by atoms with Gasteiger partial charge in [0.15, 0.2) is 0 Å². The third kappa shape index (κ3) is 2.23. The fraction of sp³-hybridized carbons (Fsp3) is 0.750. The minimum Gasteiger partial charge on any atom is -0.317 e. The van der Waals surface area contributed by atoms with E-state index in [0.717, 1.165) is 25.9 Å². The molecule has 1 aromatic heterocycles. The molecule has 1 fully saturated rings. The SMILES string of the molecule is CCc1cc(CC)n(C2CCNCC2)n1. The van der Waals surface area contributed by atoms with Gasteiger partial charge >= 0.3 is 0 Å². The molecule has 0 aromatic carbocycles. The molecule has 0 spiro atoms. The molecule has 2 heterocycles. The maximum absolute atomic E-state index is 4.71. The lowest BCUT2D eigenvalue weighted by Crippen LogP contribution is -2.30. The zero-order chi connectivity index (χ0) is 10.7. The summed E-state index contributed by atoms with van der Waals surface area (Å²) in [5.41, 5.74) is 2.64. The Morgan fingerprint density at radius 3 is 2.67 bits per heavy atom. The van der Waals surface area contributed by atoms with E-state index in [9.17, 15) is 0 Å². The van der Waals surface area contributed by atoms with Crippen LogP contribution in [0.5, 0.6) is 0 Å². The van der Waals surface area contributed by atoms with Crippen LogP contribution < -0.4 is 5.32 Å². The molecule has 3 heteroatoms. The van der Waals surface area contributed by atoms with E-state index < -0.39 is 0 Å². The van der Waals surface area contributed by atoms with Crippen LogP contribution in [0.1, 0.15) is 44.1 Å². The maximum atomic E-state index is 4.71. The molecule has 1 aliphatic rings. The first kappa shape index (κ1) is 10.7. The molecule has 15 heavy (non-hydrogen) atoms. The van der Waals surface area contributed by atoms with Gasteiger partial charge in [-0.05, 0) is 44.8 Å². The van der Waals surface area contributed by atoms with E-state index in [1.807, 2.05) is 0 Å². The van der Waals surface area contributed by atoms with E-state index in [4.69, 9.17) is 5.10 Å². The Morgan fingerprint density at radius 2 is 2.07 bits per heavy atom. The summed E-state index contributed by atoms with van der Waals surface area (Å²) in [4.78, 5) is 0. The highest BCUT2D eigenvalue weighted by molar-refractivity contribution is 5.11. The highest BCUT2D eigenvalue weighted by Gasteiger charge is 2.18. The summed E-state index contributed by atoms with van der Waals surface area (Å²) < 4.78 is 2.28. The van der Waals surface area contributed by atoms with Gasteiger partial charge in [-0.1, -0.05) is 13.8 Å². The van der Waals surface area contributed by atoms with Gasteiger partial charge in [0.2, 0.25) is 0 Å². The molecule has 0 aliphatic carbocycles. The van der Waals surface area contributed by atoms with Gasteiger partial charge in [0.1, 0.15) is 0 Å². The van der Waals surface area contributed by atoms with Crippen LogP contribution >= 0.6 is 0 Å². The van der Waals surface area contributed by atoms with E-state index in [1.165, 1.54) is 24.2 Å². The molecule has 0 amide bonds. The standard InChI is InChI=1S/C12H21N3/c1-3-10-9-11(4-2)15(14-10)12-5-7-13-8-6-12/h9,12-13H,3-8H2,1-2H3. The summed E-state index contributed by atoms with van der Waals surface area (Å²) in [6, 6.07) is 2.89. The van der Waals surface area contributed by atoms with Crippen molar-refractivity contribution in [3.8, 4) is 0 Å². The molecule has 0 radical (unpaired) electrons. The summed E-state index contributed by atoms with van der Waals surface area (Å²) in [5.74, 6) is 0. The summed E-state index contributed by atoms with van der Waals surface area (Å²) in [7, 11) is 0. The largest absolute Gasteiger partial charge is 0.317 e. The first-order chi connectivity index (χ1) is 7.35. The fourth-order valence-electron chi connectivity index (χ4n) is 2.29. The van der Waals surface area contributed by atoms with E-state index in [-0.39, 0.29) is 0 Å².